The van der Waals surface area contributed by atoms with Gasteiger partial charge in [-0.3, -0.25) is 4.98 Å². The topological polar surface area (TPSA) is 12.9 Å². The molecule has 1 aromatic rings. The minimum atomic E-state index is 0.392. The van der Waals surface area contributed by atoms with E-state index in [0.29, 0.717) is 4.08 Å². The van der Waals surface area contributed by atoms with Gasteiger partial charge in [-0.1, -0.05) is 0 Å². The Morgan fingerprint density at radius 1 is 1.31 bits per heavy atom. The highest BCUT2D eigenvalue weighted by molar-refractivity contribution is 8.20. The molecule has 3 heteroatoms. The van der Waals surface area contributed by atoms with Crippen molar-refractivity contribution in [2.24, 2.45) is 0 Å². The molecular formula is C10H11NS2. The van der Waals surface area contributed by atoms with Gasteiger partial charge in [0.1, 0.15) is 0 Å². The van der Waals surface area contributed by atoms with Gasteiger partial charge in [0.05, 0.1) is 4.08 Å². The Kier molecular flexibility index (Phi) is 1.84. The highest BCUT2D eigenvalue weighted by Crippen LogP contribution is 2.58. The third kappa shape index (κ3) is 1.13. The van der Waals surface area contributed by atoms with E-state index in [2.05, 4.69) is 40.8 Å². The molecular weight excluding hydrogens is 198 g/mol. The Balaban J connectivity index is 2.11. The van der Waals surface area contributed by atoms with E-state index < -0.39 is 0 Å². The molecule has 1 saturated heterocycles. The summed E-state index contributed by atoms with van der Waals surface area (Å²) in [6, 6.07) is 2.18. The summed E-state index contributed by atoms with van der Waals surface area (Å²) in [5, 5.41) is 0. The predicted molar refractivity (Wildman–Crippen MR) is 59.2 cm³/mol. The van der Waals surface area contributed by atoms with Gasteiger partial charge in [0.25, 0.3) is 0 Å². The van der Waals surface area contributed by atoms with Crippen LogP contribution in [0.15, 0.2) is 18.5 Å². The molecule has 1 nitrogen and oxygen atoms in total. The molecule has 1 aliphatic heterocycles. The molecule has 0 aromatic carbocycles. The molecule has 1 spiro atoms. The predicted octanol–water partition coefficient (Wildman–Crippen LogP) is 2.66. The second kappa shape index (κ2) is 2.92. The van der Waals surface area contributed by atoms with Crippen LogP contribution in [0.3, 0.4) is 0 Å². The van der Waals surface area contributed by atoms with Crippen LogP contribution >= 0.6 is 23.5 Å². The Hall–Kier alpha value is -0.150. The first-order chi connectivity index (χ1) is 6.41. The number of nitrogens with zero attached hydrogens (tertiary/aromatic N) is 1. The molecule has 1 fully saturated rings. The zero-order valence-corrected chi connectivity index (χ0v) is 8.96. The summed E-state index contributed by atoms with van der Waals surface area (Å²) < 4.78 is 0.392. The van der Waals surface area contributed by atoms with Gasteiger partial charge in [-0.2, -0.15) is 0 Å². The monoisotopic (exact) mass is 209 g/mol. The molecule has 0 unspecified atom stereocenters. The Labute approximate surface area is 86.7 Å². The zero-order chi connectivity index (χ0) is 8.73. The van der Waals surface area contributed by atoms with E-state index in [9.17, 15) is 0 Å². The second-order valence-corrected chi connectivity index (χ2v) is 6.53. The molecule has 2 heterocycles. The number of pyridine rings is 1. The number of hydrogen-bond acceptors (Lipinski definition) is 3. The number of fused-ring (bicyclic) bond motifs is 2. The summed E-state index contributed by atoms with van der Waals surface area (Å²) in [5.41, 5.74) is 3.03. The van der Waals surface area contributed by atoms with E-state index in [4.69, 9.17) is 0 Å². The fourth-order valence-electron chi connectivity index (χ4n) is 2.17. The van der Waals surface area contributed by atoms with Crippen LogP contribution in [0.5, 0.6) is 0 Å². The fourth-order valence-corrected chi connectivity index (χ4v) is 5.50. The summed E-state index contributed by atoms with van der Waals surface area (Å²) in [5.74, 6) is 2.61. The van der Waals surface area contributed by atoms with Gasteiger partial charge >= 0.3 is 0 Å². The number of aromatic nitrogens is 1. The van der Waals surface area contributed by atoms with E-state index in [-0.39, 0.29) is 0 Å². The van der Waals surface area contributed by atoms with Gasteiger partial charge in [0.2, 0.25) is 0 Å². The van der Waals surface area contributed by atoms with Gasteiger partial charge in [0, 0.05) is 23.9 Å². The van der Waals surface area contributed by atoms with Crippen molar-refractivity contribution in [2.45, 2.75) is 16.9 Å². The maximum Gasteiger partial charge on any atom is 0.0881 e. The molecule has 1 aliphatic carbocycles. The molecule has 2 aliphatic rings. The van der Waals surface area contributed by atoms with E-state index in [1.54, 1.807) is 0 Å². The summed E-state index contributed by atoms with van der Waals surface area (Å²) in [6.45, 7) is 0. The van der Waals surface area contributed by atoms with Crippen LogP contribution in [-0.4, -0.2) is 16.5 Å². The van der Waals surface area contributed by atoms with Gasteiger partial charge < -0.3 is 0 Å². The molecule has 68 valence electrons. The van der Waals surface area contributed by atoms with Gasteiger partial charge in [0.15, 0.2) is 0 Å². The van der Waals surface area contributed by atoms with Crippen molar-refractivity contribution in [3.63, 3.8) is 0 Å². The lowest BCUT2D eigenvalue weighted by Crippen LogP contribution is -2.09. The van der Waals surface area contributed by atoms with Crippen LogP contribution in [0.1, 0.15) is 17.5 Å². The quantitative estimate of drug-likeness (QED) is 0.652. The summed E-state index contributed by atoms with van der Waals surface area (Å²) in [6.07, 6.45) is 6.55. The maximum atomic E-state index is 4.25. The average Bonchev–Trinajstić information content (AvgIpc) is 2.78. The first kappa shape index (κ1) is 8.18. The van der Waals surface area contributed by atoms with Crippen molar-refractivity contribution in [3.8, 4) is 0 Å². The summed E-state index contributed by atoms with van der Waals surface area (Å²) >= 11 is 4.24. The second-order valence-electron chi connectivity index (χ2n) is 3.48. The zero-order valence-electron chi connectivity index (χ0n) is 7.32. The molecule has 0 bridgehead atoms. The Morgan fingerprint density at radius 2 is 2.15 bits per heavy atom. The standard InChI is InChI=1S/C10H11NS2/c1-3-10(12-5-6-13-10)9-7-11-4-2-8(1)9/h2,4,7H,1,3,5-6H2. The van der Waals surface area contributed by atoms with Crippen LogP contribution in [0.4, 0.5) is 0 Å². The lowest BCUT2D eigenvalue weighted by atomic mass is 10.2. The van der Waals surface area contributed by atoms with Gasteiger partial charge in [-0.15, -0.1) is 23.5 Å². The van der Waals surface area contributed by atoms with Crippen molar-refractivity contribution in [1.82, 2.24) is 4.98 Å². The van der Waals surface area contributed by atoms with Crippen LogP contribution in [0, 0.1) is 0 Å². The molecule has 3 rings (SSSR count). The highest BCUT2D eigenvalue weighted by Gasteiger charge is 2.42. The lowest BCUT2D eigenvalue weighted by Gasteiger charge is -2.21. The van der Waals surface area contributed by atoms with Gasteiger partial charge in [-0.25, -0.2) is 0 Å². The maximum absolute atomic E-state index is 4.25. The van der Waals surface area contributed by atoms with E-state index in [1.807, 2.05) is 6.20 Å². The lowest BCUT2D eigenvalue weighted by molar-refractivity contribution is 0.843. The number of hydrogen-bond donors (Lipinski definition) is 0. The van der Waals surface area contributed by atoms with Crippen LogP contribution < -0.4 is 0 Å². The van der Waals surface area contributed by atoms with Gasteiger partial charge in [-0.05, 0) is 30.0 Å². The van der Waals surface area contributed by atoms with Crippen LogP contribution in [0.25, 0.3) is 0 Å². The van der Waals surface area contributed by atoms with Crippen LogP contribution in [-0.2, 0) is 10.5 Å². The Morgan fingerprint density at radius 3 is 3.00 bits per heavy atom. The number of aryl methyl sites for hydroxylation is 1. The van der Waals surface area contributed by atoms with E-state index in [0.717, 1.165) is 0 Å². The largest absolute Gasteiger partial charge is 0.264 e. The normalized spacial score (nSPS) is 23.7. The average molecular weight is 209 g/mol. The van der Waals surface area contributed by atoms with Crippen molar-refractivity contribution in [2.75, 3.05) is 11.5 Å². The highest BCUT2D eigenvalue weighted by atomic mass is 32.2. The minimum Gasteiger partial charge on any atom is -0.264 e. The summed E-state index contributed by atoms with van der Waals surface area (Å²) in [4.78, 5) is 4.25. The molecule has 0 radical (unpaired) electrons. The van der Waals surface area contributed by atoms with Crippen molar-refractivity contribution < 1.29 is 0 Å². The molecule has 13 heavy (non-hydrogen) atoms. The molecule has 0 amide bonds. The van der Waals surface area contributed by atoms with E-state index >= 15 is 0 Å². The number of rotatable bonds is 0. The van der Waals surface area contributed by atoms with Crippen molar-refractivity contribution >= 4 is 23.5 Å². The van der Waals surface area contributed by atoms with E-state index in [1.165, 1.54) is 35.5 Å². The summed E-state index contributed by atoms with van der Waals surface area (Å²) in [7, 11) is 0. The molecule has 1 aromatic heterocycles. The smallest absolute Gasteiger partial charge is 0.0881 e. The first-order valence-electron chi connectivity index (χ1n) is 4.62. The third-order valence-corrected chi connectivity index (χ3v) is 6.36. The number of thioether (sulfide) groups is 2. The molecule has 0 saturated carbocycles. The SMILES string of the molecule is c1cc2c(cn1)C1(CC2)SCCS1. The third-order valence-electron chi connectivity index (χ3n) is 2.80. The van der Waals surface area contributed by atoms with Crippen LogP contribution in [0.2, 0.25) is 0 Å². The van der Waals surface area contributed by atoms with Crippen molar-refractivity contribution in [3.05, 3.63) is 29.6 Å². The van der Waals surface area contributed by atoms with Crippen molar-refractivity contribution in [1.29, 1.82) is 0 Å². The minimum absolute atomic E-state index is 0.392. The fraction of sp³-hybridized carbons (Fsp3) is 0.500. The Bertz CT molecular complexity index is 331. The molecule has 0 N–H and O–H groups in total. The first-order valence-corrected chi connectivity index (χ1v) is 6.59. The molecule has 0 atom stereocenters.